The van der Waals surface area contributed by atoms with Crippen LogP contribution in [-0.2, 0) is 14.9 Å². The van der Waals surface area contributed by atoms with Crippen molar-refractivity contribution in [2.45, 2.75) is 38.0 Å². The lowest BCUT2D eigenvalue weighted by atomic mass is 9.79. The summed E-state index contributed by atoms with van der Waals surface area (Å²) in [7, 11) is 1.75. The van der Waals surface area contributed by atoms with Gasteiger partial charge in [0, 0.05) is 19.1 Å². The van der Waals surface area contributed by atoms with Crippen molar-refractivity contribution in [1.29, 1.82) is 0 Å². The largest absolute Gasteiger partial charge is 0.384 e. The highest BCUT2D eigenvalue weighted by molar-refractivity contribution is 5.91. The number of amides is 1. The van der Waals surface area contributed by atoms with Gasteiger partial charge in [-0.1, -0.05) is 29.8 Å². The first-order valence-electron chi connectivity index (χ1n) is 8.65. The molecular formula is C19H28N2O2. The zero-order chi connectivity index (χ0) is 16.3. The Hall–Kier alpha value is -1.39. The molecule has 1 amide bonds. The number of carbonyl (C=O) groups is 1. The molecule has 126 valence electrons. The molecule has 0 atom stereocenters. The molecule has 2 N–H and O–H groups in total. The highest BCUT2D eigenvalue weighted by atomic mass is 16.5. The predicted molar refractivity (Wildman–Crippen MR) is 91.5 cm³/mol. The molecule has 3 rings (SSSR count). The van der Waals surface area contributed by atoms with Crippen LogP contribution in [0.2, 0.25) is 0 Å². The molecule has 1 aliphatic heterocycles. The first kappa shape index (κ1) is 16.5. The molecule has 23 heavy (non-hydrogen) atoms. The minimum Gasteiger partial charge on any atom is -0.384 e. The third-order valence-corrected chi connectivity index (χ3v) is 5.49. The van der Waals surface area contributed by atoms with Crippen molar-refractivity contribution in [3.8, 4) is 0 Å². The van der Waals surface area contributed by atoms with E-state index in [1.807, 2.05) is 0 Å². The Kier molecular flexibility index (Phi) is 4.74. The van der Waals surface area contributed by atoms with E-state index in [1.165, 1.54) is 11.1 Å². The van der Waals surface area contributed by atoms with Crippen LogP contribution in [0.25, 0.3) is 0 Å². The van der Waals surface area contributed by atoms with Gasteiger partial charge in [-0.3, -0.25) is 4.79 Å². The maximum absolute atomic E-state index is 12.9. The zero-order valence-corrected chi connectivity index (χ0v) is 14.3. The molecule has 1 saturated carbocycles. The minimum atomic E-state index is -0.285. The van der Waals surface area contributed by atoms with E-state index >= 15 is 0 Å². The van der Waals surface area contributed by atoms with Gasteiger partial charge in [-0.15, -0.1) is 0 Å². The Balaban J connectivity index is 1.66. The van der Waals surface area contributed by atoms with Crippen LogP contribution in [0.15, 0.2) is 24.3 Å². The first-order valence-corrected chi connectivity index (χ1v) is 8.65. The highest BCUT2D eigenvalue weighted by Gasteiger charge is 2.51. The fourth-order valence-electron chi connectivity index (χ4n) is 3.79. The summed E-state index contributed by atoms with van der Waals surface area (Å²) in [4.78, 5) is 12.9. The normalized spacial score (nSPS) is 21.7. The molecule has 1 saturated heterocycles. The lowest BCUT2D eigenvalue weighted by Gasteiger charge is -2.37. The molecule has 0 unspecified atom stereocenters. The second kappa shape index (κ2) is 6.62. The lowest BCUT2D eigenvalue weighted by Crippen LogP contribution is -2.49. The number of methoxy groups -OCH3 is 1. The molecular weight excluding hydrogens is 288 g/mol. The molecule has 0 spiro atoms. The number of carbonyl (C=O) groups excluding carboxylic acids is 1. The van der Waals surface area contributed by atoms with Gasteiger partial charge in [0.15, 0.2) is 0 Å². The summed E-state index contributed by atoms with van der Waals surface area (Å²) < 4.78 is 5.44. The highest BCUT2D eigenvalue weighted by Crippen LogP contribution is 2.48. The van der Waals surface area contributed by atoms with Crippen molar-refractivity contribution in [2.75, 3.05) is 33.4 Å². The maximum atomic E-state index is 12.9. The fourth-order valence-corrected chi connectivity index (χ4v) is 3.79. The molecule has 0 bridgehead atoms. The van der Waals surface area contributed by atoms with Crippen molar-refractivity contribution in [3.63, 3.8) is 0 Å². The number of piperidine rings is 1. The number of hydrogen-bond acceptors (Lipinski definition) is 3. The third-order valence-electron chi connectivity index (χ3n) is 5.49. The Labute approximate surface area is 139 Å². The Bertz CT molecular complexity index is 555. The molecule has 0 radical (unpaired) electrons. The van der Waals surface area contributed by atoms with Crippen LogP contribution >= 0.6 is 0 Å². The van der Waals surface area contributed by atoms with Gasteiger partial charge in [0.2, 0.25) is 5.91 Å². The van der Waals surface area contributed by atoms with Crippen LogP contribution in [-0.4, -0.2) is 39.3 Å². The van der Waals surface area contributed by atoms with E-state index in [-0.39, 0.29) is 16.7 Å². The van der Waals surface area contributed by atoms with Crippen LogP contribution in [0, 0.1) is 12.3 Å². The van der Waals surface area contributed by atoms with Crippen LogP contribution < -0.4 is 10.6 Å². The Morgan fingerprint density at radius 2 is 2.00 bits per heavy atom. The summed E-state index contributed by atoms with van der Waals surface area (Å²) in [5.41, 5.74) is 2.18. The number of ether oxygens (including phenoxy) is 1. The fraction of sp³-hybridized carbons (Fsp3) is 0.632. The minimum absolute atomic E-state index is 0.0817. The topological polar surface area (TPSA) is 50.4 Å². The molecule has 1 aromatic rings. The number of aryl methyl sites for hydroxylation is 1. The number of nitrogens with one attached hydrogen (secondary N) is 2. The molecule has 0 aromatic heterocycles. The van der Waals surface area contributed by atoms with Gasteiger partial charge in [-0.25, -0.2) is 0 Å². The van der Waals surface area contributed by atoms with Crippen molar-refractivity contribution in [1.82, 2.24) is 10.6 Å². The summed E-state index contributed by atoms with van der Waals surface area (Å²) in [6, 6.07) is 8.38. The molecule has 4 nitrogen and oxygen atoms in total. The monoisotopic (exact) mass is 316 g/mol. The second-order valence-electron chi connectivity index (χ2n) is 7.32. The van der Waals surface area contributed by atoms with E-state index < -0.39 is 0 Å². The van der Waals surface area contributed by atoms with Gasteiger partial charge in [0.1, 0.15) is 0 Å². The van der Waals surface area contributed by atoms with E-state index in [9.17, 15) is 4.79 Å². The van der Waals surface area contributed by atoms with Gasteiger partial charge < -0.3 is 15.4 Å². The Morgan fingerprint density at radius 1 is 1.26 bits per heavy atom. The van der Waals surface area contributed by atoms with E-state index in [0.29, 0.717) is 6.61 Å². The summed E-state index contributed by atoms with van der Waals surface area (Å²) in [5, 5.41) is 6.64. The van der Waals surface area contributed by atoms with Crippen molar-refractivity contribution in [2.24, 2.45) is 5.41 Å². The molecule has 1 aromatic carbocycles. The van der Waals surface area contributed by atoms with E-state index in [1.54, 1.807) is 7.11 Å². The van der Waals surface area contributed by atoms with E-state index in [2.05, 4.69) is 41.8 Å². The SMILES string of the molecule is COCC1(CNC(=O)C2(c3cccc(C)c3)CC2)CCNCC1. The van der Waals surface area contributed by atoms with Gasteiger partial charge >= 0.3 is 0 Å². The van der Waals surface area contributed by atoms with Gasteiger partial charge in [0.25, 0.3) is 0 Å². The first-order chi connectivity index (χ1) is 11.1. The van der Waals surface area contributed by atoms with Crippen molar-refractivity contribution in [3.05, 3.63) is 35.4 Å². The molecule has 4 heteroatoms. The molecule has 1 heterocycles. The maximum Gasteiger partial charge on any atom is 0.230 e. The lowest BCUT2D eigenvalue weighted by molar-refractivity contribution is -0.124. The Morgan fingerprint density at radius 3 is 2.61 bits per heavy atom. The average Bonchev–Trinajstić information content (AvgIpc) is 3.36. The predicted octanol–water partition coefficient (Wildman–Crippen LogP) is 2.16. The van der Waals surface area contributed by atoms with Crippen LogP contribution in [0.5, 0.6) is 0 Å². The van der Waals surface area contributed by atoms with Gasteiger partial charge in [-0.2, -0.15) is 0 Å². The van der Waals surface area contributed by atoms with Gasteiger partial charge in [-0.05, 0) is 51.3 Å². The molecule has 2 fully saturated rings. The standard InChI is InChI=1S/C19H28N2O2/c1-15-4-3-5-16(12-15)19(6-7-19)17(22)21-13-18(14-23-2)8-10-20-11-9-18/h3-5,12,20H,6-11,13-14H2,1-2H3,(H,21,22). The second-order valence-corrected chi connectivity index (χ2v) is 7.32. The van der Waals surface area contributed by atoms with Crippen LogP contribution in [0.4, 0.5) is 0 Å². The average molecular weight is 316 g/mol. The third kappa shape index (κ3) is 3.43. The number of rotatable bonds is 6. The quantitative estimate of drug-likeness (QED) is 0.845. The van der Waals surface area contributed by atoms with E-state index in [0.717, 1.165) is 45.3 Å². The van der Waals surface area contributed by atoms with Crippen molar-refractivity contribution < 1.29 is 9.53 Å². The summed E-state index contributed by atoms with van der Waals surface area (Å²) in [5.74, 6) is 0.192. The smallest absolute Gasteiger partial charge is 0.230 e. The van der Waals surface area contributed by atoms with Crippen molar-refractivity contribution >= 4 is 5.91 Å². The zero-order valence-electron chi connectivity index (χ0n) is 14.3. The van der Waals surface area contributed by atoms with Gasteiger partial charge in [0.05, 0.1) is 12.0 Å². The molecule has 1 aliphatic carbocycles. The van der Waals surface area contributed by atoms with Crippen LogP contribution in [0.3, 0.4) is 0 Å². The summed E-state index contributed by atoms with van der Waals surface area (Å²) in [6.07, 6.45) is 4.03. The van der Waals surface area contributed by atoms with Crippen LogP contribution in [0.1, 0.15) is 36.8 Å². The summed E-state index contributed by atoms with van der Waals surface area (Å²) >= 11 is 0. The number of benzene rings is 1. The summed E-state index contributed by atoms with van der Waals surface area (Å²) in [6.45, 7) is 5.52. The van der Waals surface area contributed by atoms with E-state index in [4.69, 9.17) is 4.74 Å². The number of hydrogen-bond donors (Lipinski definition) is 2. The molecule has 2 aliphatic rings.